The summed E-state index contributed by atoms with van der Waals surface area (Å²) in [5.74, 6) is 0.674. The standard InChI is InChI=1S/C8H14N2O3/c1-8(4-11,5-12)10-3-7-2-9-6-13-7/h2,6,10-12H,3-5H2,1H3. The van der Waals surface area contributed by atoms with Crippen molar-refractivity contribution in [1.29, 1.82) is 0 Å². The molecule has 0 aliphatic rings. The van der Waals surface area contributed by atoms with E-state index in [1.54, 1.807) is 13.1 Å². The maximum absolute atomic E-state index is 8.95. The first-order valence-corrected chi connectivity index (χ1v) is 4.04. The summed E-state index contributed by atoms with van der Waals surface area (Å²) in [5, 5.41) is 20.9. The average Bonchev–Trinajstić information content (AvgIpc) is 2.67. The molecule has 0 bridgehead atoms. The van der Waals surface area contributed by atoms with Crippen LogP contribution in [0.4, 0.5) is 0 Å². The first kappa shape index (κ1) is 10.2. The Morgan fingerprint density at radius 2 is 2.23 bits per heavy atom. The smallest absolute Gasteiger partial charge is 0.180 e. The molecule has 5 heteroatoms. The maximum Gasteiger partial charge on any atom is 0.180 e. The van der Waals surface area contributed by atoms with Crippen LogP contribution in [0.25, 0.3) is 0 Å². The molecule has 3 N–H and O–H groups in total. The van der Waals surface area contributed by atoms with Crippen molar-refractivity contribution in [2.45, 2.75) is 19.0 Å². The zero-order valence-electron chi connectivity index (χ0n) is 7.53. The van der Waals surface area contributed by atoms with E-state index in [1.807, 2.05) is 0 Å². The first-order valence-electron chi connectivity index (χ1n) is 4.04. The molecule has 0 radical (unpaired) electrons. The minimum absolute atomic E-state index is 0.127. The van der Waals surface area contributed by atoms with Gasteiger partial charge in [0.2, 0.25) is 0 Å². The van der Waals surface area contributed by atoms with Gasteiger partial charge in [-0.05, 0) is 6.92 Å². The predicted octanol–water partition coefficient (Wildman–Crippen LogP) is -0.493. The molecule has 1 heterocycles. The largest absolute Gasteiger partial charge is 0.447 e. The van der Waals surface area contributed by atoms with E-state index in [1.165, 1.54) is 6.39 Å². The second-order valence-corrected chi connectivity index (χ2v) is 3.20. The van der Waals surface area contributed by atoms with Gasteiger partial charge in [-0.15, -0.1) is 0 Å². The molecule has 0 atom stereocenters. The number of nitrogens with zero attached hydrogens (tertiary/aromatic N) is 1. The van der Waals surface area contributed by atoms with Gasteiger partial charge in [0.25, 0.3) is 0 Å². The first-order chi connectivity index (χ1) is 6.20. The molecule has 0 fully saturated rings. The number of hydrogen-bond donors (Lipinski definition) is 3. The lowest BCUT2D eigenvalue weighted by Gasteiger charge is -2.25. The van der Waals surface area contributed by atoms with Crippen LogP contribution in [0, 0.1) is 0 Å². The Kier molecular flexibility index (Phi) is 3.41. The Balaban J connectivity index is 2.41. The van der Waals surface area contributed by atoms with Gasteiger partial charge in [0.1, 0.15) is 5.76 Å². The highest BCUT2D eigenvalue weighted by Gasteiger charge is 2.21. The van der Waals surface area contributed by atoms with E-state index in [9.17, 15) is 0 Å². The molecule has 1 aromatic heterocycles. The van der Waals surface area contributed by atoms with Gasteiger partial charge in [-0.1, -0.05) is 0 Å². The summed E-state index contributed by atoms with van der Waals surface area (Å²) >= 11 is 0. The Hall–Kier alpha value is -0.910. The minimum atomic E-state index is -0.674. The molecule has 1 aromatic rings. The Morgan fingerprint density at radius 1 is 1.54 bits per heavy atom. The number of nitrogens with one attached hydrogen (secondary N) is 1. The van der Waals surface area contributed by atoms with Crippen molar-refractivity contribution in [3.8, 4) is 0 Å². The lowest BCUT2D eigenvalue weighted by Crippen LogP contribution is -2.48. The third kappa shape index (κ3) is 2.80. The fraction of sp³-hybridized carbons (Fsp3) is 0.625. The molecule has 0 aliphatic heterocycles. The summed E-state index contributed by atoms with van der Waals surface area (Å²) in [6.07, 6.45) is 2.93. The average molecular weight is 186 g/mol. The van der Waals surface area contributed by atoms with Gasteiger partial charge < -0.3 is 19.9 Å². The van der Waals surface area contributed by atoms with Crippen LogP contribution >= 0.6 is 0 Å². The van der Waals surface area contributed by atoms with E-state index in [0.717, 1.165) is 0 Å². The zero-order chi connectivity index (χ0) is 9.73. The number of aromatic nitrogens is 1. The van der Waals surface area contributed by atoms with Gasteiger partial charge in [-0.25, -0.2) is 4.98 Å². The fourth-order valence-electron chi connectivity index (χ4n) is 0.792. The third-order valence-corrected chi connectivity index (χ3v) is 1.87. The summed E-state index contributed by atoms with van der Waals surface area (Å²) in [6, 6.07) is 0. The van der Waals surface area contributed by atoms with Crippen molar-refractivity contribution in [2.75, 3.05) is 13.2 Å². The van der Waals surface area contributed by atoms with E-state index in [0.29, 0.717) is 12.3 Å². The second kappa shape index (κ2) is 4.36. The maximum atomic E-state index is 8.95. The highest BCUT2D eigenvalue weighted by molar-refractivity contribution is 4.91. The number of oxazole rings is 1. The molecule has 0 saturated heterocycles. The summed E-state index contributed by atoms with van der Waals surface area (Å²) in [4.78, 5) is 3.74. The molecule has 0 aromatic carbocycles. The summed E-state index contributed by atoms with van der Waals surface area (Å²) < 4.78 is 4.98. The minimum Gasteiger partial charge on any atom is -0.447 e. The van der Waals surface area contributed by atoms with E-state index in [4.69, 9.17) is 14.6 Å². The van der Waals surface area contributed by atoms with Crippen LogP contribution in [0.2, 0.25) is 0 Å². The van der Waals surface area contributed by atoms with Crippen LogP contribution in [-0.4, -0.2) is 33.9 Å². The van der Waals surface area contributed by atoms with Gasteiger partial charge in [0.15, 0.2) is 6.39 Å². The highest BCUT2D eigenvalue weighted by atomic mass is 16.3. The topological polar surface area (TPSA) is 78.5 Å². The van der Waals surface area contributed by atoms with Crippen molar-refractivity contribution in [2.24, 2.45) is 0 Å². The third-order valence-electron chi connectivity index (χ3n) is 1.87. The van der Waals surface area contributed by atoms with Crippen molar-refractivity contribution < 1.29 is 14.6 Å². The van der Waals surface area contributed by atoms with Crippen LogP contribution in [0.15, 0.2) is 17.0 Å². The van der Waals surface area contributed by atoms with Crippen molar-refractivity contribution in [3.63, 3.8) is 0 Å². The predicted molar refractivity (Wildman–Crippen MR) is 45.9 cm³/mol. The van der Waals surface area contributed by atoms with E-state index >= 15 is 0 Å². The number of hydrogen-bond acceptors (Lipinski definition) is 5. The van der Waals surface area contributed by atoms with Crippen LogP contribution in [-0.2, 0) is 6.54 Å². The van der Waals surface area contributed by atoms with Crippen LogP contribution < -0.4 is 5.32 Å². The van der Waals surface area contributed by atoms with E-state index in [2.05, 4.69) is 10.3 Å². The summed E-state index contributed by atoms with van der Waals surface area (Å²) in [5.41, 5.74) is -0.674. The van der Waals surface area contributed by atoms with Crippen molar-refractivity contribution in [1.82, 2.24) is 10.3 Å². The second-order valence-electron chi connectivity index (χ2n) is 3.20. The summed E-state index contributed by atoms with van der Waals surface area (Å²) in [7, 11) is 0. The fourth-order valence-corrected chi connectivity index (χ4v) is 0.792. The Bertz CT molecular complexity index is 232. The van der Waals surface area contributed by atoms with E-state index in [-0.39, 0.29) is 13.2 Å². The molecule has 74 valence electrons. The molecular formula is C8H14N2O3. The highest BCUT2D eigenvalue weighted by Crippen LogP contribution is 2.03. The molecule has 0 spiro atoms. The van der Waals surface area contributed by atoms with Gasteiger partial charge in [0, 0.05) is 0 Å². The lowest BCUT2D eigenvalue weighted by molar-refractivity contribution is 0.101. The molecule has 13 heavy (non-hydrogen) atoms. The SMILES string of the molecule is CC(CO)(CO)NCc1cnco1. The number of aliphatic hydroxyl groups is 2. The van der Waals surface area contributed by atoms with Crippen molar-refractivity contribution in [3.05, 3.63) is 18.4 Å². The zero-order valence-corrected chi connectivity index (χ0v) is 7.53. The van der Waals surface area contributed by atoms with Gasteiger partial charge in [-0.3, -0.25) is 0 Å². The normalized spacial score (nSPS) is 11.9. The molecule has 1 rings (SSSR count). The number of aliphatic hydroxyl groups excluding tert-OH is 2. The van der Waals surface area contributed by atoms with E-state index < -0.39 is 5.54 Å². The molecule has 0 amide bonds. The summed E-state index contributed by atoms with van der Waals surface area (Å²) in [6.45, 7) is 1.91. The van der Waals surface area contributed by atoms with Crippen LogP contribution in [0.3, 0.4) is 0 Å². The van der Waals surface area contributed by atoms with Gasteiger partial charge >= 0.3 is 0 Å². The monoisotopic (exact) mass is 186 g/mol. The van der Waals surface area contributed by atoms with Crippen LogP contribution in [0.5, 0.6) is 0 Å². The van der Waals surface area contributed by atoms with Gasteiger partial charge in [-0.2, -0.15) is 0 Å². The molecule has 5 nitrogen and oxygen atoms in total. The number of rotatable bonds is 5. The van der Waals surface area contributed by atoms with Crippen LogP contribution in [0.1, 0.15) is 12.7 Å². The van der Waals surface area contributed by atoms with Gasteiger partial charge in [0.05, 0.1) is 31.5 Å². The lowest BCUT2D eigenvalue weighted by atomic mass is 10.1. The Labute approximate surface area is 76.4 Å². The molecule has 0 aliphatic carbocycles. The van der Waals surface area contributed by atoms with Crippen molar-refractivity contribution >= 4 is 0 Å². The Morgan fingerprint density at radius 3 is 2.69 bits per heavy atom. The molecule has 0 saturated carbocycles. The molecule has 0 unspecified atom stereocenters. The quantitative estimate of drug-likeness (QED) is 0.578. The molecular weight excluding hydrogens is 172 g/mol.